The average molecular weight is 305 g/mol. The van der Waals surface area contributed by atoms with Gasteiger partial charge in [0.1, 0.15) is 0 Å². The van der Waals surface area contributed by atoms with Crippen LogP contribution in [0.25, 0.3) is 11.3 Å². The lowest BCUT2D eigenvalue weighted by Gasteiger charge is -2.11. The van der Waals surface area contributed by atoms with Crippen LogP contribution in [0.4, 0.5) is 5.95 Å². The van der Waals surface area contributed by atoms with Gasteiger partial charge in [0.2, 0.25) is 5.95 Å². The molecule has 1 heterocycles. The van der Waals surface area contributed by atoms with Crippen LogP contribution in [0.2, 0.25) is 0 Å². The van der Waals surface area contributed by atoms with Crippen LogP contribution in [0.5, 0.6) is 0 Å². The highest BCUT2D eigenvalue weighted by molar-refractivity contribution is 6.16. The Morgan fingerprint density at radius 3 is 2.78 bits per heavy atom. The minimum atomic E-state index is 0.202. The Kier molecular flexibility index (Phi) is 3.76. The van der Waals surface area contributed by atoms with Gasteiger partial charge in [-0.2, -0.15) is 0 Å². The molecule has 0 spiro atoms. The summed E-state index contributed by atoms with van der Waals surface area (Å²) in [6.45, 7) is 1.98. The first-order valence-corrected chi connectivity index (χ1v) is 7.15. The Balaban J connectivity index is 2.09. The third-order valence-corrected chi connectivity index (χ3v) is 3.57. The molecule has 0 bridgehead atoms. The highest BCUT2D eigenvalue weighted by Gasteiger charge is 2.19. The number of anilines is 1. The Hall–Kier alpha value is -3.21. The molecule has 23 heavy (non-hydrogen) atoms. The lowest BCUT2D eigenvalue weighted by Crippen LogP contribution is -2.06. The van der Waals surface area contributed by atoms with Gasteiger partial charge in [0, 0.05) is 11.8 Å². The van der Waals surface area contributed by atoms with Crippen molar-refractivity contribution in [2.45, 2.75) is 6.92 Å². The number of rotatable bonds is 2. The second-order valence-corrected chi connectivity index (χ2v) is 5.30. The monoisotopic (exact) mass is 305 g/mol. The summed E-state index contributed by atoms with van der Waals surface area (Å²) in [4.78, 5) is 8.08. The van der Waals surface area contributed by atoms with Gasteiger partial charge in [-0.1, -0.05) is 23.8 Å². The molecule has 1 aromatic carbocycles. The van der Waals surface area contributed by atoms with Crippen molar-refractivity contribution in [2.75, 3.05) is 5.73 Å². The van der Waals surface area contributed by atoms with Crippen molar-refractivity contribution >= 4 is 23.0 Å². The number of nitrogens with zero attached hydrogens (tertiary/aromatic N) is 2. The van der Waals surface area contributed by atoms with Crippen LogP contribution in [-0.4, -0.2) is 20.8 Å². The number of nitrogen functional groups attached to an aromatic ring is 1. The Morgan fingerprint density at radius 2 is 2.04 bits per heavy atom. The van der Waals surface area contributed by atoms with Crippen molar-refractivity contribution in [3.8, 4) is 0 Å². The number of aryl methyl sites for hydroxylation is 1. The Labute approximate surface area is 134 Å². The van der Waals surface area contributed by atoms with Crippen LogP contribution in [-0.2, 0) is 0 Å². The predicted octanol–water partition coefficient (Wildman–Crippen LogP) is 2.48. The van der Waals surface area contributed by atoms with Crippen molar-refractivity contribution < 1.29 is 5.11 Å². The van der Waals surface area contributed by atoms with E-state index in [0.29, 0.717) is 22.7 Å². The van der Waals surface area contributed by atoms with E-state index < -0.39 is 0 Å². The van der Waals surface area contributed by atoms with Crippen LogP contribution in [0, 0.1) is 12.3 Å². The molecule has 3 rings (SSSR count). The van der Waals surface area contributed by atoms with Crippen LogP contribution in [0.15, 0.2) is 60.3 Å². The van der Waals surface area contributed by atoms with E-state index >= 15 is 0 Å². The van der Waals surface area contributed by atoms with Gasteiger partial charge in [0.05, 0.1) is 22.5 Å². The molecular weight excluding hydrogens is 288 g/mol. The highest BCUT2D eigenvalue weighted by Crippen LogP contribution is 2.26. The smallest absolute Gasteiger partial charge is 0.270 e. The molecule has 2 aromatic rings. The fraction of sp³-hybridized carbons (Fsp3) is 0.0556. The van der Waals surface area contributed by atoms with Gasteiger partial charge < -0.3 is 10.8 Å². The van der Waals surface area contributed by atoms with Crippen molar-refractivity contribution in [2.24, 2.45) is 0 Å². The van der Waals surface area contributed by atoms with E-state index in [-0.39, 0.29) is 5.95 Å². The van der Waals surface area contributed by atoms with E-state index in [2.05, 4.69) is 9.97 Å². The summed E-state index contributed by atoms with van der Waals surface area (Å²) in [5.74, 6) is 0.523. The first-order chi connectivity index (χ1) is 11.0. The summed E-state index contributed by atoms with van der Waals surface area (Å²) in [5, 5.41) is 16.5. The fourth-order valence-electron chi connectivity index (χ4n) is 2.40. The van der Waals surface area contributed by atoms with Crippen molar-refractivity contribution in [1.82, 2.24) is 9.97 Å². The summed E-state index contributed by atoms with van der Waals surface area (Å²) in [6.07, 6.45) is 6.87. The molecule has 0 radical (unpaired) electrons. The van der Waals surface area contributed by atoms with Gasteiger partial charge in [0.25, 0.3) is 5.76 Å². The van der Waals surface area contributed by atoms with Gasteiger partial charge in [-0.15, -0.1) is 0 Å². The minimum absolute atomic E-state index is 0.202. The van der Waals surface area contributed by atoms with Crippen molar-refractivity contribution in [1.29, 1.82) is 5.41 Å². The van der Waals surface area contributed by atoms with Gasteiger partial charge in [-0.05, 0) is 37.3 Å². The average Bonchev–Trinajstić information content (AvgIpc) is 2.54. The summed E-state index contributed by atoms with van der Waals surface area (Å²) in [7, 11) is 0. The molecule has 0 aliphatic heterocycles. The highest BCUT2D eigenvalue weighted by atomic mass is 16.3. The van der Waals surface area contributed by atoms with E-state index in [1.54, 1.807) is 30.5 Å². The molecule has 0 unspecified atom stereocenters. The zero-order valence-electron chi connectivity index (χ0n) is 12.7. The maximum atomic E-state index is 8.43. The van der Waals surface area contributed by atoms with Gasteiger partial charge in [-0.25, -0.2) is 9.97 Å². The molecule has 5 nitrogen and oxygen atoms in total. The lowest BCUT2D eigenvalue weighted by atomic mass is 9.94. The SMILES string of the molecule is Cc1cccc(/C([OH2+])=C2\C=C(c3ccnc(N)n3)C=CC2=N)c1. The standard InChI is InChI=1S/C18H16N4O/c1-11-3-2-4-13(9-11)17(23)14-10-12(5-6-15(14)19)16-7-8-21-18(20)22-16/h2-10,19,23H,1H3,(H2,20,21,22)/p+1/b17-14-,19-15?. The first kappa shape index (κ1) is 14.7. The quantitative estimate of drug-likeness (QED) is 0.658. The van der Waals surface area contributed by atoms with Crippen LogP contribution >= 0.6 is 0 Å². The molecule has 0 fully saturated rings. The Bertz CT molecular complexity index is 878. The van der Waals surface area contributed by atoms with Crippen molar-refractivity contribution in [3.05, 3.63) is 77.2 Å². The normalized spacial score (nSPS) is 16.2. The zero-order chi connectivity index (χ0) is 16.4. The van der Waals surface area contributed by atoms with Crippen LogP contribution < -0.4 is 5.73 Å². The third-order valence-electron chi connectivity index (χ3n) is 3.57. The molecule has 1 aliphatic carbocycles. The number of aromatic nitrogens is 2. The zero-order valence-corrected chi connectivity index (χ0v) is 12.7. The first-order valence-electron chi connectivity index (χ1n) is 7.15. The molecule has 0 saturated carbocycles. The molecule has 5 heteroatoms. The fourth-order valence-corrected chi connectivity index (χ4v) is 2.40. The maximum absolute atomic E-state index is 8.43. The second kappa shape index (κ2) is 5.88. The van der Waals surface area contributed by atoms with E-state index in [0.717, 1.165) is 16.7 Å². The van der Waals surface area contributed by atoms with Crippen molar-refractivity contribution in [3.63, 3.8) is 0 Å². The summed E-state index contributed by atoms with van der Waals surface area (Å²) < 4.78 is 0. The minimum Gasteiger partial charge on any atom is -0.592 e. The maximum Gasteiger partial charge on any atom is 0.270 e. The second-order valence-electron chi connectivity index (χ2n) is 5.30. The van der Waals surface area contributed by atoms with E-state index in [4.69, 9.17) is 16.2 Å². The summed E-state index contributed by atoms with van der Waals surface area (Å²) >= 11 is 0. The third kappa shape index (κ3) is 3.03. The molecule has 114 valence electrons. The predicted molar refractivity (Wildman–Crippen MR) is 93.0 cm³/mol. The largest absolute Gasteiger partial charge is 0.592 e. The summed E-state index contributed by atoms with van der Waals surface area (Å²) in [6, 6.07) is 9.48. The molecule has 0 amide bonds. The number of nitrogens with two attached hydrogens (primary N) is 1. The Morgan fingerprint density at radius 1 is 1.22 bits per heavy atom. The van der Waals surface area contributed by atoms with E-state index in [1.807, 2.05) is 31.2 Å². The van der Waals surface area contributed by atoms with Crippen LogP contribution in [0.3, 0.4) is 0 Å². The molecule has 5 N–H and O–H groups in total. The molecule has 1 aromatic heterocycles. The molecule has 0 atom stereocenters. The molecule has 1 aliphatic rings. The van der Waals surface area contributed by atoms with Crippen LogP contribution in [0.1, 0.15) is 16.8 Å². The lowest BCUT2D eigenvalue weighted by molar-refractivity contribution is 0.510. The summed E-state index contributed by atoms with van der Waals surface area (Å²) in [5.41, 5.74) is 9.85. The van der Waals surface area contributed by atoms with E-state index in [9.17, 15) is 0 Å². The van der Waals surface area contributed by atoms with E-state index in [1.165, 1.54) is 0 Å². The number of allylic oxidation sites excluding steroid dienone is 5. The van der Waals surface area contributed by atoms with Gasteiger partial charge in [-0.3, -0.25) is 5.41 Å². The number of hydrogen-bond donors (Lipinski definition) is 2. The van der Waals surface area contributed by atoms with Gasteiger partial charge in [0.15, 0.2) is 0 Å². The number of benzene rings is 1. The topological polar surface area (TPSA) is 98.6 Å². The van der Waals surface area contributed by atoms with Gasteiger partial charge >= 0.3 is 0 Å². The molecule has 0 saturated heterocycles. The molecular formula is C18H17N4O+. The number of nitrogens with one attached hydrogen (secondary N) is 1. The number of hydrogen-bond acceptors (Lipinski definition) is 4.